The van der Waals surface area contributed by atoms with Crippen molar-refractivity contribution in [2.75, 3.05) is 12.3 Å². The maximum absolute atomic E-state index is 11.9. The number of benzene rings is 1. The topological polar surface area (TPSA) is 103 Å². The number of carbonyl (C=O) groups excluding carboxylic acids is 1. The van der Waals surface area contributed by atoms with Gasteiger partial charge in [-0.25, -0.2) is 0 Å². The van der Waals surface area contributed by atoms with E-state index in [1.165, 1.54) is 6.39 Å². The number of hydrogen-bond donors (Lipinski definition) is 2. The van der Waals surface area contributed by atoms with E-state index in [2.05, 4.69) is 20.0 Å². The summed E-state index contributed by atoms with van der Waals surface area (Å²) in [6.07, 6.45) is 1.20. The zero-order valence-electron chi connectivity index (χ0n) is 10.4. The number of rotatable bonds is 5. The Labute approximate surface area is 109 Å². The van der Waals surface area contributed by atoms with Crippen molar-refractivity contribution in [1.29, 1.82) is 0 Å². The Balaban J connectivity index is 2.01. The van der Waals surface area contributed by atoms with Gasteiger partial charge in [-0.15, -0.1) is 0 Å². The summed E-state index contributed by atoms with van der Waals surface area (Å²) in [6.45, 7) is 2.58. The average molecular weight is 262 g/mol. The van der Waals surface area contributed by atoms with E-state index >= 15 is 0 Å². The number of nitrogens with zero attached hydrogens (tertiary/aromatic N) is 2. The highest BCUT2D eigenvalue weighted by Crippen LogP contribution is 2.22. The molecule has 7 heteroatoms. The summed E-state index contributed by atoms with van der Waals surface area (Å²) in [5.74, 6) is 0.712. The summed E-state index contributed by atoms with van der Waals surface area (Å²) in [5, 5.41) is 6.25. The van der Waals surface area contributed by atoms with E-state index in [4.69, 9.17) is 10.5 Å². The predicted molar refractivity (Wildman–Crippen MR) is 67.5 cm³/mol. The number of anilines is 1. The second kappa shape index (κ2) is 5.85. The Kier molecular flexibility index (Phi) is 3.97. The fraction of sp³-hybridized carbons (Fsp3) is 0.250. The van der Waals surface area contributed by atoms with Crippen LogP contribution < -0.4 is 15.8 Å². The van der Waals surface area contributed by atoms with Gasteiger partial charge >= 0.3 is 0 Å². The number of amides is 1. The first-order chi connectivity index (χ1) is 9.20. The van der Waals surface area contributed by atoms with Crippen LogP contribution in [0.2, 0.25) is 0 Å². The maximum atomic E-state index is 11.9. The highest BCUT2D eigenvalue weighted by Gasteiger charge is 2.09. The summed E-state index contributed by atoms with van der Waals surface area (Å²) in [7, 11) is 0. The molecule has 0 bridgehead atoms. The third-order valence-corrected chi connectivity index (χ3v) is 2.39. The minimum atomic E-state index is -0.264. The Hall–Kier alpha value is -2.57. The van der Waals surface area contributed by atoms with Gasteiger partial charge in [0.2, 0.25) is 6.39 Å². The summed E-state index contributed by atoms with van der Waals surface area (Å²) in [5.41, 5.74) is 6.66. The molecular weight excluding hydrogens is 248 g/mol. The van der Waals surface area contributed by atoms with E-state index in [0.717, 1.165) is 0 Å². The smallest absolute Gasteiger partial charge is 0.251 e. The molecule has 0 aliphatic rings. The molecule has 0 aliphatic carbocycles. The predicted octanol–water partition coefficient (Wildman–Crippen LogP) is 0.980. The van der Waals surface area contributed by atoms with Crippen LogP contribution in [0.15, 0.2) is 29.1 Å². The first-order valence-corrected chi connectivity index (χ1v) is 5.76. The van der Waals surface area contributed by atoms with Crippen molar-refractivity contribution in [2.45, 2.75) is 13.5 Å². The highest BCUT2D eigenvalue weighted by molar-refractivity contribution is 5.95. The normalized spacial score (nSPS) is 10.2. The molecule has 0 unspecified atom stereocenters. The fourth-order valence-electron chi connectivity index (χ4n) is 1.51. The second-order valence-electron chi connectivity index (χ2n) is 3.72. The molecule has 7 nitrogen and oxygen atoms in total. The summed E-state index contributed by atoms with van der Waals surface area (Å²) in [4.78, 5) is 15.7. The van der Waals surface area contributed by atoms with Gasteiger partial charge in [0, 0.05) is 5.56 Å². The van der Waals surface area contributed by atoms with Gasteiger partial charge in [-0.3, -0.25) is 4.79 Å². The van der Waals surface area contributed by atoms with E-state index in [-0.39, 0.29) is 12.5 Å². The van der Waals surface area contributed by atoms with Crippen LogP contribution in [0.3, 0.4) is 0 Å². The first kappa shape index (κ1) is 12.9. The lowest BCUT2D eigenvalue weighted by Crippen LogP contribution is -2.23. The average Bonchev–Trinajstić information content (AvgIpc) is 2.91. The second-order valence-corrected chi connectivity index (χ2v) is 3.72. The van der Waals surface area contributed by atoms with Crippen molar-refractivity contribution >= 4 is 11.6 Å². The summed E-state index contributed by atoms with van der Waals surface area (Å²) < 4.78 is 9.87. The van der Waals surface area contributed by atoms with Crippen molar-refractivity contribution in [3.8, 4) is 5.75 Å². The molecule has 0 saturated carbocycles. The van der Waals surface area contributed by atoms with Gasteiger partial charge in [0.1, 0.15) is 5.75 Å². The zero-order valence-corrected chi connectivity index (χ0v) is 10.4. The van der Waals surface area contributed by atoms with Crippen molar-refractivity contribution in [2.24, 2.45) is 0 Å². The molecule has 100 valence electrons. The fourth-order valence-corrected chi connectivity index (χ4v) is 1.51. The van der Waals surface area contributed by atoms with E-state index in [1.54, 1.807) is 18.2 Å². The number of hydrogen-bond acceptors (Lipinski definition) is 6. The van der Waals surface area contributed by atoms with Crippen molar-refractivity contribution < 1.29 is 14.1 Å². The van der Waals surface area contributed by atoms with Gasteiger partial charge in [0.05, 0.1) is 18.8 Å². The van der Waals surface area contributed by atoms with E-state index in [9.17, 15) is 4.79 Å². The summed E-state index contributed by atoms with van der Waals surface area (Å²) >= 11 is 0. The lowest BCUT2D eigenvalue weighted by molar-refractivity contribution is 0.0949. The highest BCUT2D eigenvalue weighted by atomic mass is 16.5. The molecule has 1 aromatic carbocycles. The van der Waals surface area contributed by atoms with Crippen LogP contribution in [0.1, 0.15) is 23.1 Å². The number of ether oxygens (including phenoxy) is 1. The van der Waals surface area contributed by atoms with Crippen LogP contribution in [0.5, 0.6) is 5.75 Å². The molecule has 3 N–H and O–H groups in total. The maximum Gasteiger partial charge on any atom is 0.251 e. The third-order valence-electron chi connectivity index (χ3n) is 2.39. The lowest BCUT2D eigenvalue weighted by Gasteiger charge is -2.08. The molecule has 0 saturated heterocycles. The van der Waals surface area contributed by atoms with Gasteiger partial charge < -0.3 is 20.3 Å². The summed E-state index contributed by atoms with van der Waals surface area (Å²) in [6, 6.07) is 4.88. The Morgan fingerprint density at radius 3 is 3.00 bits per heavy atom. The molecule has 2 rings (SSSR count). The zero-order chi connectivity index (χ0) is 13.7. The van der Waals surface area contributed by atoms with Crippen molar-refractivity contribution in [3.05, 3.63) is 36.0 Å². The molecule has 0 fully saturated rings. The molecule has 0 aliphatic heterocycles. The van der Waals surface area contributed by atoms with Gasteiger partial charge in [-0.2, -0.15) is 4.98 Å². The van der Waals surface area contributed by atoms with Gasteiger partial charge in [-0.1, -0.05) is 5.16 Å². The van der Waals surface area contributed by atoms with Crippen LogP contribution in [0.4, 0.5) is 5.69 Å². The third kappa shape index (κ3) is 3.21. The first-order valence-electron chi connectivity index (χ1n) is 5.76. The molecule has 1 aromatic heterocycles. The van der Waals surface area contributed by atoms with Gasteiger partial charge in [0.15, 0.2) is 5.82 Å². The molecule has 19 heavy (non-hydrogen) atoms. The molecule has 2 aromatic rings. The van der Waals surface area contributed by atoms with Crippen LogP contribution >= 0.6 is 0 Å². The molecule has 0 spiro atoms. The minimum absolute atomic E-state index is 0.197. The van der Waals surface area contributed by atoms with Crippen LogP contribution in [-0.4, -0.2) is 22.7 Å². The quantitative estimate of drug-likeness (QED) is 0.778. The number of nitrogen functional groups attached to an aromatic ring is 1. The number of aromatic nitrogens is 2. The van der Waals surface area contributed by atoms with Gasteiger partial charge in [-0.05, 0) is 25.1 Å². The Morgan fingerprint density at radius 2 is 2.37 bits per heavy atom. The van der Waals surface area contributed by atoms with Crippen LogP contribution in [0.25, 0.3) is 0 Å². The molecule has 0 radical (unpaired) electrons. The van der Waals surface area contributed by atoms with Crippen LogP contribution in [-0.2, 0) is 6.54 Å². The van der Waals surface area contributed by atoms with E-state index in [0.29, 0.717) is 29.4 Å². The molecular formula is C12H14N4O3. The molecule has 1 heterocycles. The van der Waals surface area contributed by atoms with E-state index < -0.39 is 0 Å². The van der Waals surface area contributed by atoms with Crippen molar-refractivity contribution in [1.82, 2.24) is 15.5 Å². The molecule has 1 amide bonds. The number of nitrogens with two attached hydrogens (primary N) is 1. The Bertz CT molecular complexity index is 554. The van der Waals surface area contributed by atoms with Gasteiger partial charge in [0.25, 0.3) is 5.91 Å². The molecule has 0 atom stereocenters. The lowest BCUT2D eigenvalue weighted by atomic mass is 10.1. The Morgan fingerprint density at radius 1 is 1.53 bits per heavy atom. The monoisotopic (exact) mass is 262 g/mol. The van der Waals surface area contributed by atoms with E-state index in [1.807, 2.05) is 6.92 Å². The minimum Gasteiger partial charge on any atom is -0.492 e. The van der Waals surface area contributed by atoms with Crippen LogP contribution in [0, 0.1) is 0 Å². The number of carbonyl (C=O) groups is 1. The SMILES string of the molecule is CCOc1ccc(C(=O)NCc2ncon2)cc1N. The largest absolute Gasteiger partial charge is 0.492 e. The van der Waals surface area contributed by atoms with Crippen molar-refractivity contribution in [3.63, 3.8) is 0 Å². The number of nitrogens with one attached hydrogen (secondary N) is 1. The standard InChI is InChI=1S/C12H14N4O3/c1-2-18-10-4-3-8(5-9(10)13)12(17)14-6-11-15-7-19-16-11/h3-5,7H,2,6,13H2,1H3,(H,14,17).